The molecule has 110 valence electrons. The van der Waals surface area contributed by atoms with Crippen LogP contribution in [0.5, 0.6) is 5.75 Å². The van der Waals surface area contributed by atoms with Gasteiger partial charge in [-0.15, -0.1) is 0 Å². The Morgan fingerprint density at radius 1 is 1.30 bits per heavy atom. The van der Waals surface area contributed by atoms with Crippen LogP contribution in [0.2, 0.25) is 0 Å². The second-order valence-electron chi connectivity index (χ2n) is 4.80. The van der Waals surface area contributed by atoms with Crippen LogP contribution < -0.4 is 10.1 Å². The first kappa shape index (κ1) is 14.6. The summed E-state index contributed by atoms with van der Waals surface area (Å²) in [5.74, 6) is -0.181. The first-order valence-electron chi connectivity index (χ1n) is 6.75. The van der Waals surface area contributed by atoms with Crippen molar-refractivity contribution in [3.05, 3.63) is 30.1 Å². The van der Waals surface area contributed by atoms with Gasteiger partial charge in [-0.2, -0.15) is 0 Å². The number of ether oxygens (including phenoxy) is 1. The van der Waals surface area contributed by atoms with Crippen molar-refractivity contribution in [2.75, 3.05) is 46.4 Å². The normalized spacial score (nSPS) is 16.0. The van der Waals surface area contributed by atoms with E-state index >= 15 is 0 Å². The second kappa shape index (κ2) is 7.09. The molecule has 1 heterocycles. The van der Waals surface area contributed by atoms with Gasteiger partial charge in [0.15, 0.2) is 11.6 Å². The summed E-state index contributed by atoms with van der Waals surface area (Å²) in [6, 6.07) is 6.14. The van der Waals surface area contributed by atoms with Crippen LogP contribution in [0.1, 0.15) is 0 Å². The van der Waals surface area contributed by atoms with E-state index in [2.05, 4.69) is 10.2 Å². The number of nitrogens with one attached hydrogen (secondary N) is 1. The number of nitrogens with zero attached hydrogens (tertiary/aromatic N) is 2. The molecule has 0 unspecified atom stereocenters. The largest absolute Gasteiger partial charge is 0.489 e. The van der Waals surface area contributed by atoms with Crippen molar-refractivity contribution in [2.24, 2.45) is 0 Å². The van der Waals surface area contributed by atoms with Crippen molar-refractivity contribution in [1.82, 2.24) is 15.1 Å². The monoisotopic (exact) mass is 281 g/mol. The van der Waals surface area contributed by atoms with Gasteiger partial charge >= 0.3 is 6.03 Å². The number of rotatable bonds is 4. The molecule has 6 heteroatoms. The van der Waals surface area contributed by atoms with E-state index in [0.717, 1.165) is 26.2 Å². The fourth-order valence-electron chi connectivity index (χ4n) is 2.00. The Balaban J connectivity index is 1.66. The zero-order valence-corrected chi connectivity index (χ0v) is 11.6. The minimum absolute atomic E-state index is 0.0877. The van der Waals surface area contributed by atoms with E-state index in [1.54, 1.807) is 23.1 Å². The molecular weight excluding hydrogens is 261 g/mol. The number of likely N-dealkylation sites (N-methyl/N-ethyl adjacent to an activating group) is 1. The average Bonchev–Trinajstić information content (AvgIpc) is 2.46. The molecule has 0 spiro atoms. The second-order valence-corrected chi connectivity index (χ2v) is 4.80. The van der Waals surface area contributed by atoms with Gasteiger partial charge in [-0.05, 0) is 19.2 Å². The van der Waals surface area contributed by atoms with Crippen LogP contribution in [0.25, 0.3) is 0 Å². The third-order valence-corrected chi connectivity index (χ3v) is 3.26. The first-order valence-corrected chi connectivity index (χ1v) is 6.75. The molecule has 0 radical (unpaired) electrons. The Morgan fingerprint density at radius 2 is 2.00 bits per heavy atom. The van der Waals surface area contributed by atoms with Gasteiger partial charge in [-0.3, -0.25) is 0 Å². The SMILES string of the molecule is CN1CCN(C(=O)NCCOc2ccccc2F)CC1. The molecule has 1 aromatic carbocycles. The van der Waals surface area contributed by atoms with Gasteiger partial charge in [0.1, 0.15) is 6.61 Å². The van der Waals surface area contributed by atoms with E-state index in [-0.39, 0.29) is 18.4 Å². The Kier molecular flexibility index (Phi) is 5.17. The predicted octanol–water partition coefficient (Wildman–Crippen LogP) is 1.16. The molecule has 0 atom stereocenters. The maximum absolute atomic E-state index is 13.3. The Bertz CT molecular complexity index is 448. The molecule has 5 nitrogen and oxygen atoms in total. The smallest absolute Gasteiger partial charge is 0.317 e. The van der Waals surface area contributed by atoms with E-state index in [9.17, 15) is 9.18 Å². The van der Waals surface area contributed by atoms with Crippen molar-refractivity contribution >= 4 is 6.03 Å². The number of carbonyl (C=O) groups is 1. The molecule has 0 aromatic heterocycles. The zero-order chi connectivity index (χ0) is 14.4. The molecular formula is C14H20FN3O2. The number of benzene rings is 1. The molecule has 1 aliphatic rings. The van der Waals surface area contributed by atoms with Gasteiger partial charge in [-0.25, -0.2) is 9.18 Å². The first-order chi connectivity index (χ1) is 9.66. The van der Waals surface area contributed by atoms with E-state index < -0.39 is 5.82 Å². The Labute approximate surface area is 118 Å². The lowest BCUT2D eigenvalue weighted by atomic mass is 10.3. The van der Waals surface area contributed by atoms with Crippen LogP contribution >= 0.6 is 0 Å². The number of amides is 2. The molecule has 0 aliphatic carbocycles. The van der Waals surface area contributed by atoms with Crippen molar-refractivity contribution in [2.45, 2.75) is 0 Å². The van der Waals surface area contributed by atoms with E-state index in [0.29, 0.717) is 6.54 Å². The van der Waals surface area contributed by atoms with E-state index in [1.807, 2.05) is 7.05 Å². The number of hydrogen-bond donors (Lipinski definition) is 1. The van der Waals surface area contributed by atoms with E-state index in [1.165, 1.54) is 6.07 Å². The minimum atomic E-state index is -0.391. The average molecular weight is 281 g/mol. The molecule has 2 rings (SSSR count). The summed E-state index contributed by atoms with van der Waals surface area (Å²) in [5, 5.41) is 2.78. The third-order valence-electron chi connectivity index (χ3n) is 3.26. The predicted molar refractivity (Wildman–Crippen MR) is 74.4 cm³/mol. The molecule has 0 saturated carbocycles. The highest BCUT2D eigenvalue weighted by Gasteiger charge is 2.18. The molecule has 1 aromatic rings. The van der Waals surface area contributed by atoms with Crippen LogP contribution in [0, 0.1) is 5.82 Å². The highest BCUT2D eigenvalue weighted by atomic mass is 19.1. The third kappa shape index (κ3) is 4.09. The summed E-state index contributed by atoms with van der Waals surface area (Å²) < 4.78 is 18.6. The van der Waals surface area contributed by atoms with Crippen molar-refractivity contribution in [3.63, 3.8) is 0 Å². The summed E-state index contributed by atoms with van der Waals surface area (Å²) in [5.41, 5.74) is 0. The van der Waals surface area contributed by atoms with E-state index in [4.69, 9.17) is 4.74 Å². The Hall–Kier alpha value is -1.82. The van der Waals surface area contributed by atoms with Crippen molar-refractivity contribution in [3.8, 4) is 5.75 Å². The van der Waals surface area contributed by atoms with Crippen molar-refractivity contribution in [1.29, 1.82) is 0 Å². The molecule has 1 aliphatic heterocycles. The number of piperazine rings is 1. The van der Waals surface area contributed by atoms with Crippen LogP contribution in [0.4, 0.5) is 9.18 Å². The lowest BCUT2D eigenvalue weighted by Crippen LogP contribution is -2.51. The van der Waals surface area contributed by atoms with Gasteiger partial charge in [0.25, 0.3) is 0 Å². The van der Waals surface area contributed by atoms with Gasteiger partial charge < -0.3 is 19.9 Å². The Morgan fingerprint density at radius 3 is 2.70 bits per heavy atom. The number of halogens is 1. The van der Waals surface area contributed by atoms with Crippen LogP contribution in [0.3, 0.4) is 0 Å². The number of carbonyl (C=O) groups excluding carboxylic acids is 1. The topological polar surface area (TPSA) is 44.8 Å². The van der Waals surface area contributed by atoms with Gasteiger partial charge in [0.2, 0.25) is 0 Å². The molecule has 1 saturated heterocycles. The standard InChI is InChI=1S/C14H20FN3O2/c1-17-7-9-18(10-8-17)14(19)16-6-11-20-13-5-3-2-4-12(13)15/h2-5H,6-11H2,1H3,(H,16,19). The van der Waals surface area contributed by atoms with Gasteiger partial charge in [0, 0.05) is 26.2 Å². The number of para-hydroxylation sites is 1. The summed E-state index contributed by atoms with van der Waals surface area (Å²) in [6.45, 7) is 3.85. The quantitative estimate of drug-likeness (QED) is 0.842. The van der Waals surface area contributed by atoms with Crippen LogP contribution in [-0.4, -0.2) is 62.2 Å². The number of hydrogen-bond acceptors (Lipinski definition) is 3. The zero-order valence-electron chi connectivity index (χ0n) is 11.6. The highest BCUT2D eigenvalue weighted by molar-refractivity contribution is 5.74. The van der Waals surface area contributed by atoms with Crippen molar-refractivity contribution < 1.29 is 13.9 Å². The van der Waals surface area contributed by atoms with Gasteiger partial charge in [-0.1, -0.05) is 12.1 Å². The highest BCUT2D eigenvalue weighted by Crippen LogP contribution is 2.14. The molecule has 0 bridgehead atoms. The number of urea groups is 1. The lowest BCUT2D eigenvalue weighted by molar-refractivity contribution is 0.153. The fraction of sp³-hybridized carbons (Fsp3) is 0.500. The fourth-order valence-corrected chi connectivity index (χ4v) is 2.00. The minimum Gasteiger partial charge on any atom is -0.489 e. The summed E-state index contributed by atoms with van der Waals surface area (Å²) in [4.78, 5) is 15.8. The summed E-state index contributed by atoms with van der Waals surface area (Å²) in [6.07, 6.45) is 0. The maximum atomic E-state index is 13.3. The molecule has 1 N–H and O–H groups in total. The maximum Gasteiger partial charge on any atom is 0.317 e. The lowest BCUT2D eigenvalue weighted by Gasteiger charge is -2.32. The van der Waals surface area contributed by atoms with Gasteiger partial charge in [0.05, 0.1) is 6.54 Å². The molecule has 2 amide bonds. The van der Waals surface area contributed by atoms with Crippen LogP contribution in [-0.2, 0) is 0 Å². The molecule has 20 heavy (non-hydrogen) atoms. The molecule has 1 fully saturated rings. The van der Waals surface area contributed by atoms with Crippen LogP contribution in [0.15, 0.2) is 24.3 Å². The summed E-state index contributed by atoms with van der Waals surface area (Å²) in [7, 11) is 2.04. The summed E-state index contributed by atoms with van der Waals surface area (Å²) >= 11 is 0.